The molecule has 0 bridgehead atoms. The lowest BCUT2D eigenvalue weighted by atomic mass is 10.2. The number of carbonyl (C=O) groups excluding carboxylic acids is 1. The first-order chi connectivity index (χ1) is 8.79. The van der Waals surface area contributed by atoms with Crippen LogP contribution in [-0.4, -0.2) is 17.4 Å². The predicted molar refractivity (Wildman–Crippen MR) is 71.3 cm³/mol. The van der Waals surface area contributed by atoms with Crippen LogP contribution in [0, 0.1) is 0 Å². The van der Waals surface area contributed by atoms with Gasteiger partial charge in [0.1, 0.15) is 5.75 Å². The number of nitrogens with zero attached hydrogens (tertiary/aromatic N) is 1. The molecule has 0 saturated carbocycles. The monoisotopic (exact) mass is 262 g/mol. The first-order valence-electron chi connectivity index (χ1n) is 5.75. The maximum atomic E-state index is 11.7. The summed E-state index contributed by atoms with van der Waals surface area (Å²) in [6.07, 6.45) is 2.61. The van der Waals surface area contributed by atoms with Gasteiger partial charge in [-0.15, -0.1) is 0 Å². The standard InChI is InChI=1S/C13H14N2O2S/c1-2-7-14-12(16)10-3-5-11(6-4-10)17-13-15-8-9-18-13/h3-6,8-9H,2,7H2,1H3,(H,14,16). The molecular weight excluding hydrogens is 248 g/mol. The van der Waals surface area contributed by atoms with Crippen molar-refractivity contribution in [2.75, 3.05) is 6.54 Å². The average Bonchev–Trinajstić information content (AvgIpc) is 2.89. The lowest BCUT2D eigenvalue weighted by Gasteiger charge is -2.05. The molecule has 5 heteroatoms. The third-order valence-corrected chi connectivity index (χ3v) is 2.92. The summed E-state index contributed by atoms with van der Waals surface area (Å²) in [5.74, 6) is 0.620. The van der Waals surface area contributed by atoms with E-state index in [0.717, 1.165) is 6.42 Å². The van der Waals surface area contributed by atoms with Crippen molar-refractivity contribution in [3.63, 3.8) is 0 Å². The van der Waals surface area contributed by atoms with E-state index in [1.165, 1.54) is 11.3 Å². The van der Waals surface area contributed by atoms with E-state index in [2.05, 4.69) is 10.3 Å². The third kappa shape index (κ3) is 3.30. The van der Waals surface area contributed by atoms with E-state index in [1.54, 1.807) is 30.5 Å². The number of thiazole rings is 1. The summed E-state index contributed by atoms with van der Waals surface area (Å²) < 4.78 is 5.51. The van der Waals surface area contributed by atoms with Crippen LogP contribution >= 0.6 is 11.3 Å². The second kappa shape index (κ2) is 6.16. The zero-order chi connectivity index (χ0) is 12.8. The van der Waals surface area contributed by atoms with Gasteiger partial charge in [-0.3, -0.25) is 4.79 Å². The quantitative estimate of drug-likeness (QED) is 0.901. The fourth-order valence-corrected chi connectivity index (χ4v) is 1.88. The Hall–Kier alpha value is -1.88. The molecule has 0 aliphatic rings. The highest BCUT2D eigenvalue weighted by atomic mass is 32.1. The molecule has 1 aromatic heterocycles. The molecule has 0 aliphatic carbocycles. The van der Waals surface area contributed by atoms with Gasteiger partial charge in [-0.2, -0.15) is 0 Å². The molecule has 2 rings (SSSR count). The van der Waals surface area contributed by atoms with Gasteiger partial charge >= 0.3 is 0 Å². The first kappa shape index (κ1) is 12.6. The Morgan fingerprint density at radius 3 is 2.78 bits per heavy atom. The van der Waals surface area contributed by atoms with Crippen molar-refractivity contribution in [1.82, 2.24) is 10.3 Å². The van der Waals surface area contributed by atoms with E-state index >= 15 is 0 Å². The second-order valence-corrected chi connectivity index (χ2v) is 4.54. The number of aromatic nitrogens is 1. The molecule has 0 aliphatic heterocycles. The lowest BCUT2D eigenvalue weighted by Crippen LogP contribution is -2.23. The third-order valence-electron chi connectivity index (χ3n) is 2.27. The van der Waals surface area contributed by atoms with Crippen molar-refractivity contribution in [3.05, 3.63) is 41.4 Å². The summed E-state index contributed by atoms with van der Waals surface area (Å²) in [5, 5.41) is 5.27. The van der Waals surface area contributed by atoms with Crippen LogP contribution < -0.4 is 10.1 Å². The van der Waals surface area contributed by atoms with Crippen LogP contribution in [0.3, 0.4) is 0 Å². The van der Waals surface area contributed by atoms with Gasteiger partial charge in [-0.25, -0.2) is 4.98 Å². The Morgan fingerprint density at radius 2 is 2.17 bits per heavy atom. The highest BCUT2D eigenvalue weighted by Crippen LogP contribution is 2.23. The van der Waals surface area contributed by atoms with Gasteiger partial charge in [0.15, 0.2) is 0 Å². The summed E-state index contributed by atoms with van der Waals surface area (Å²) in [5.41, 5.74) is 0.634. The van der Waals surface area contributed by atoms with Crippen molar-refractivity contribution < 1.29 is 9.53 Å². The van der Waals surface area contributed by atoms with Gasteiger partial charge in [0.2, 0.25) is 0 Å². The summed E-state index contributed by atoms with van der Waals surface area (Å²) >= 11 is 1.43. The molecule has 0 atom stereocenters. The van der Waals surface area contributed by atoms with Crippen LogP contribution in [0.4, 0.5) is 0 Å². The van der Waals surface area contributed by atoms with E-state index in [0.29, 0.717) is 23.1 Å². The molecule has 94 valence electrons. The van der Waals surface area contributed by atoms with Crippen molar-refractivity contribution in [3.8, 4) is 10.9 Å². The number of hydrogen-bond donors (Lipinski definition) is 1. The van der Waals surface area contributed by atoms with Gasteiger partial charge < -0.3 is 10.1 Å². The second-order valence-electron chi connectivity index (χ2n) is 3.68. The molecule has 0 saturated heterocycles. The minimum atomic E-state index is -0.0577. The Kier molecular flexibility index (Phi) is 4.30. The largest absolute Gasteiger partial charge is 0.431 e. The van der Waals surface area contributed by atoms with Gasteiger partial charge in [0, 0.05) is 23.7 Å². The average molecular weight is 262 g/mol. The van der Waals surface area contributed by atoms with Crippen molar-refractivity contribution in [2.45, 2.75) is 13.3 Å². The summed E-state index contributed by atoms with van der Waals surface area (Å²) in [6, 6.07) is 7.02. The highest BCUT2D eigenvalue weighted by molar-refractivity contribution is 7.11. The molecule has 4 nitrogen and oxygen atoms in total. The van der Waals surface area contributed by atoms with Crippen LogP contribution in [0.25, 0.3) is 0 Å². The predicted octanol–water partition coefficient (Wildman–Crippen LogP) is 3.08. The summed E-state index contributed by atoms with van der Waals surface area (Å²) in [4.78, 5) is 15.7. The Labute approximate surface area is 110 Å². The smallest absolute Gasteiger partial charge is 0.278 e. The number of benzene rings is 1. The van der Waals surface area contributed by atoms with E-state index in [4.69, 9.17) is 4.74 Å². The zero-order valence-electron chi connectivity index (χ0n) is 10.1. The fraction of sp³-hybridized carbons (Fsp3) is 0.231. The van der Waals surface area contributed by atoms with E-state index < -0.39 is 0 Å². The first-order valence-corrected chi connectivity index (χ1v) is 6.63. The van der Waals surface area contributed by atoms with Crippen LogP contribution in [-0.2, 0) is 0 Å². The molecule has 1 N–H and O–H groups in total. The van der Waals surface area contributed by atoms with Crippen LogP contribution in [0.2, 0.25) is 0 Å². The van der Waals surface area contributed by atoms with E-state index in [-0.39, 0.29) is 5.91 Å². The van der Waals surface area contributed by atoms with Crippen molar-refractivity contribution in [1.29, 1.82) is 0 Å². The van der Waals surface area contributed by atoms with Gasteiger partial charge in [-0.1, -0.05) is 18.3 Å². The highest BCUT2D eigenvalue weighted by Gasteiger charge is 2.05. The number of rotatable bonds is 5. The van der Waals surface area contributed by atoms with Gasteiger partial charge in [0.05, 0.1) is 0 Å². The Bertz CT molecular complexity index is 494. The Morgan fingerprint density at radius 1 is 1.39 bits per heavy atom. The number of amides is 1. The molecule has 1 heterocycles. The summed E-state index contributed by atoms with van der Waals surface area (Å²) in [6.45, 7) is 2.71. The van der Waals surface area contributed by atoms with E-state index in [9.17, 15) is 4.79 Å². The maximum absolute atomic E-state index is 11.7. The number of nitrogens with one attached hydrogen (secondary N) is 1. The van der Waals surface area contributed by atoms with Crippen LogP contribution in [0.15, 0.2) is 35.8 Å². The molecule has 0 spiro atoms. The topological polar surface area (TPSA) is 51.2 Å². The van der Waals surface area contributed by atoms with Crippen LogP contribution in [0.5, 0.6) is 10.9 Å². The molecule has 2 aromatic rings. The number of hydrogen-bond acceptors (Lipinski definition) is 4. The van der Waals surface area contributed by atoms with Gasteiger partial charge in [-0.05, 0) is 30.7 Å². The number of ether oxygens (including phenoxy) is 1. The number of carbonyl (C=O) groups is 1. The molecular formula is C13H14N2O2S. The molecule has 1 aromatic carbocycles. The van der Waals surface area contributed by atoms with Crippen molar-refractivity contribution in [2.24, 2.45) is 0 Å². The molecule has 1 amide bonds. The lowest BCUT2D eigenvalue weighted by molar-refractivity contribution is 0.0953. The SMILES string of the molecule is CCCNC(=O)c1ccc(Oc2nccs2)cc1. The minimum absolute atomic E-state index is 0.0577. The minimum Gasteiger partial charge on any atom is -0.431 e. The molecule has 0 radical (unpaired) electrons. The summed E-state index contributed by atoms with van der Waals surface area (Å²) in [7, 11) is 0. The maximum Gasteiger partial charge on any atom is 0.278 e. The molecule has 18 heavy (non-hydrogen) atoms. The Balaban J connectivity index is 1.99. The molecule has 0 unspecified atom stereocenters. The normalized spacial score (nSPS) is 10.1. The fourth-order valence-electron chi connectivity index (χ4n) is 1.38. The van der Waals surface area contributed by atoms with Gasteiger partial charge in [0.25, 0.3) is 11.1 Å². The zero-order valence-corrected chi connectivity index (χ0v) is 10.9. The van der Waals surface area contributed by atoms with Crippen molar-refractivity contribution >= 4 is 17.2 Å². The van der Waals surface area contributed by atoms with Crippen LogP contribution in [0.1, 0.15) is 23.7 Å². The molecule has 0 fully saturated rings. The van der Waals surface area contributed by atoms with E-state index in [1.807, 2.05) is 12.3 Å².